The molecule has 0 unspecified atom stereocenters. The predicted octanol–water partition coefficient (Wildman–Crippen LogP) is 10.3. The molecule has 0 aliphatic rings. The summed E-state index contributed by atoms with van der Waals surface area (Å²) >= 11 is 0. The van der Waals surface area contributed by atoms with E-state index in [4.69, 9.17) is 0 Å². The van der Waals surface area contributed by atoms with Crippen molar-refractivity contribution >= 4 is 31.1 Å². The van der Waals surface area contributed by atoms with E-state index in [1.807, 2.05) is 60.7 Å². The monoisotopic (exact) mass is 678 g/mol. The minimum absolute atomic E-state index is 0. The Morgan fingerprint density at radius 1 is 0.553 bits per heavy atom. The summed E-state index contributed by atoms with van der Waals surface area (Å²) in [6.07, 6.45) is 0. The first-order valence-electron chi connectivity index (χ1n) is 12.9. The molecule has 0 amide bonds. The molecule has 2 radical (unpaired) electrons. The first-order valence-corrected chi connectivity index (χ1v) is 14.3. The molecule has 6 aromatic carbocycles. The maximum absolute atomic E-state index is 2.89. The molecule has 0 spiro atoms. The summed E-state index contributed by atoms with van der Waals surface area (Å²) in [7, 11) is 1.20. The molecule has 6 rings (SSSR count). The van der Waals surface area contributed by atoms with Crippen LogP contribution in [0.1, 0.15) is 25.0 Å². The number of aryl methyl sites for hydroxylation is 2. The van der Waals surface area contributed by atoms with Crippen LogP contribution in [0.4, 0.5) is 0 Å². The van der Waals surface area contributed by atoms with Crippen LogP contribution in [0.25, 0.3) is 21.5 Å². The van der Waals surface area contributed by atoms with Crippen LogP contribution in [0, 0.1) is 26.0 Å². The Hall–Kier alpha value is -2.81. The van der Waals surface area contributed by atoms with Crippen molar-refractivity contribution in [2.45, 2.75) is 39.8 Å². The summed E-state index contributed by atoms with van der Waals surface area (Å²) in [5.41, 5.74) is 2.70. The quantitative estimate of drug-likeness (QED) is 0.126. The average Bonchev–Trinajstić information content (AvgIpc) is 3.53. The molecular weight excluding hydrogens is 639 g/mol. The topological polar surface area (TPSA) is 0 Å². The van der Waals surface area contributed by atoms with Crippen LogP contribution in [0.15, 0.2) is 133 Å². The van der Waals surface area contributed by atoms with Crippen molar-refractivity contribution in [1.29, 1.82) is 0 Å². The molecule has 0 saturated carbocycles. The molecule has 38 heavy (non-hydrogen) atoms. The molecule has 0 aliphatic carbocycles. The molecule has 0 fully saturated rings. The van der Waals surface area contributed by atoms with Gasteiger partial charge in [-0.15, -0.1) is 81.2 Å². The largest absolute Gasteiger partial charge is 4.00 e. The van der Waals surface area contributed by atoms with Gasteiger partial charge in [-0.05, 0) is 0 Å². The zero-order valence-electron chi connectivity index (χ0n) is 23.1. The van der Waals surface area contributed by atoms with Crippen LogP contribution >= 0.6 is 0 Å². The van der Waals surface area contributed by atoms with Crippen molar-refractivity contribution in [2.24, 2.45) is 0 Å². The van der Waals surface area contributed by atoms with Gasteiger partial charge in [0.2, 0.25) is 0 Å². The maximum atomic E-state index is 2.89. The van der Waals surface area contributed by atoms with Crippen molar-refractivity contribution < 1.29 is 25.8 Å². The maximum Gasteiger partial charge on any atom is 4.00 e. The van der Waals surface area contributed by atoms with Gasteiger partial charge in [-0.1, -0.05) is 51.9 Å². The number of hydrogen-bond donors (Lipinski definition) is 0. The zero-order valence-corrected chi connectivity index (χ0v) is 27.7. The SMILES string of the molecule is CC[Si]CC.Cc1cc2ccccc2[cH-]1.Cc1cc2ccccc2[cH-]1.[Hf+4].[c-]1ccccc1.[c-]1ccccc1. The second-order valence-corrected chi connectivity index (χ2v) is 10.3. The van der Waals surface area contributed by atoms with Crippen LogP contribution < -0.4 is 0 Å². The van der Waals surface area contributed by atoms with E-state index >= 15 is 0 Å². The van der Waals surface area contributed by atoms with Gasteiger partial charge in [-0.3, -0.25) is 0 Å². The van der Waals surface area contributed by atoms with E-state index in [2.05, 4.69) is 113 Å². The minimum atomic E-state index is 0. The van der Waals surface area contributed by atoms with Crippen LogP contribution in [0.3, 0.4) is 0 Å². The Labute approximate surface area is 252 Å². The zero-order chi connectivity index (χ0) is 26.6. The van der Waals surface area contributed by atoms with Crippen LogP contribution in [0.2, 0.25) is 12.1 Å². The first kappa shape index (κ1) is 33.2. The summed E-state index contributed by atoms with van der Waals surface area (Å²) in [4.78, 5) is 0. The fourth-order valence-electron chi connectivity index (χ4n) is 3.55. The molecule has 0 aromatic heterocycles. The van der Waals surface area contributed by atoms with Gasteiger partial charge in [0, 0.05) is 9.52 Å². The summed E-state index contributed by atoms with van der Waals surface area (Å²) in [5.74, 6) is 0. The van der Waals surface area contributed by atoms with Crippen LogP contribution in [0.5, 0.6) is 0 Å². The summed E-state index contributed by atoms with van der Waals surface area (Å²) in [6.45, 7) is 8.70. The standard InChI is InChI=1S/2C10H9.2C6H5.C4H10Si.Hf/c2*1-8-6-9-4-2-3-5-10(9)7-8;2*1-2-4-6-5-3-1;1-3-5-4-2;/h2*2-7H,1H3;2*1-5H;3-4H2,1-2H3;/q4*-1;;+4. The smallest absolute Gasteiger partial charge is 0.184 e. The van der Waals surface area contributed by atoms with Crippen LogP contribution in [-0.4, -0.2) is 9.52 Å². The molecule has 0 N–H and O–H groups in total. The molecule has 6 aromatic rings. The van der Waals surface area contributed by atoms with E-state index in [1.165, 1.54) is 54.3 Å². The predicted molar refractivity (Wildman–Crippen MR) is 166 cm³/mol. The van der Waals surface area contributed by atoms with E-state index in [0.29, 0.717) is 0 Å². The van der Waals surface area contributed by atoms with Crippen molar-refractivity contribution in [2.75, 3.05) is 0 Å². The van der Waals surface area contributed by atoms with E-state index in [0.717, 1.165) is 0 Å². The van der Waals surface area contributed by atoms with E-state index < -0.39 is 0 Å². The molecule has 0 bridgehead atoms. The molecular formula is C36H38HfSi. The summed E-state index contributed by atoms with van der Waals surface area (Å²) < 4.78 is 0. The molecule has 0 atom stereocenters. The third-order valence-corrected chi connectivity index (χ3v) is 6.24. The Morgan fingerprint density at radius 3 is 1.16 bits per heavy atom. The fourth-order valence-corrected chi connectivity index (χ4v) is 4.05. The first-order chi connectivity index (χ1) is 18.1. The van der Waals surface area contributed by atoms with E-state index in [-0.39, 0.29) is 25.8 Å². The third-order valence-electron chi connectivity index (χ3n) is 5.24. The summed E-state index contributed by atoms with van der Waals surface area (Å²) in [6, 6.07) is 53.4. The number of rotatable bonds is 2. The summed E-state index contributed by atoms with van der Waals surface area (Å²) in [5, 5.41) is 5.39. The number of hydrogen-bond acceptors (Lipinski definition) is 0. The van der Waals surface area contributed by atoms with Crippen molar-refractivity contribution in [1.82, 2.24) is 0 Å². The van der Waals surface area contributed by atoms with Gasteiger partial charge < -0.3 is 0 Å². The van der Waals surface area contributed by atoms with E-state index in [9.17, 15) is 0 Å². The molecule has 0 nitrogen and oxygen atoms in total. The van der Waals surface area contributed by atoms with Gasteiger partial charge >= 0.3 is 25.8 Å². The van der Waals surface area contributed by atoms with Gasteiger partial charge in [0.05, 0.1) is 0 Å². The van der Waals surface area contributed by atoms with Gasteiger partial charge in [0.1, 0.15) is 0 Å². The fraction of sp³-hybridized carbons (Fsp3) is 0.167. The Morgan fingerprint density at radius 2 is 0.921 bits per heavy atom. The Balaban J connectivity index is 0.000000244. The average molecular weight is 677 g/mol. The minimum Gasteiger partial charge on any atom is -0.184 e. The van der Waals surface area contributed by atoms with Crippen molar-refractivity contribution in [3.63, 3.8) is 0 Å². The second-order valence-electron chi connectivity index (χ2n) is 8.44. The normalized spacial score (nSPS) is 9.16. The Bertz CT molecular complexity index is 1110. The van der Waals surface area contributed by atoms with Crippen molar-refractivity contribution in [3.05, 3.63) is 157 Å². The molecule has 0 saturated heterocycles. The number of benzene rings is 4. The van der Waals surface area contributed by atoms with E-state index in [1.54, 1.807) is 0 Å². The number of fused-ring (bicyclic) bond motifs is 2. The second kappa shape index (κ2) is 21.2. The van der Waals surface area contributed by atoms with Gasteiger partial charge in [0.25, 0.3) is 0 Å². The van der Waals surface area contributed by atoms with Gasteiger partial charge in [0.15, 0.2) is 0 Å². The molecule has 0 aliphatic heterocycles. The molecule has 2 heteroatoms. The van der Waals surface area contributed by atoms with Crippen molar-refractivity contribution in [3.8, 4) is 0 Å². The molecule has 0 heterocycles. The van der Waals surface area contributed by atoms with Gasteiger partial charge in [-0.2, -0.15) is 84.9 Å². The van der Waals surface area contributed by atoms with Crippen LogP contribution in [-0.2, 0) is 25.8 Å². The Kier molecular flexibility index (Phi) is 18.5. The third kappa shape index (κ3) is 14.2. The molecule has 190 valence electrons. The van der Waals surface area contributed by atoms with Gasteiger partial charge in [-0.25, -0.2) is 0 Å².